The van der Waals surface area contributed by atoms with Gasteiger partial charge in [0.05, 0.1) is 6.54 Å². The maximum absolute atomic E-state index is 4.23. The predicted molar refractivity (Wildman–Crippen MR) is 101 cm³/mol. The highest BCUT2D eigenvalue weighted by Gasteiger charge is 2.00. The van der Waals surface area contributed by atoms with Crippen LogP contribution in [0.25, 0.3) is 0 Å². The van der Waals surface area contributed by atoms with Gasteiger partial charge in [-0.15, -0.1) is 46.7 Å². The van der Waals surface area contributed by atoms with Gasteiger partial charge in [0.25, 0.3) is 0 Å². The molecule has 20 heavy (non-hydrogen) atoms. The average Bonchev–Trinajstić information content (AvgIpc) is 3.05. The zero-order valence-electron chi connectivity index (χ0n) is 11.7. The molecule has 0 aliphatic carbocycles. The van der Waals surface area contributed by atoms with Crippen LogP contribution >= 0.6 is 46.7 Å². The summed E-state index contributed by atoms with van der Waals surface area (Å²) in [4.78, 5) is 8.31. The summed E-state index contributed by atoms with van der Waals surface area (Å²) in [5, 5.41) is 8.78. The minimum atomic E-state index is 0. The molecule has 0 amide bonds. The summed E-state index contributed by atoms with van der Waals surface area (Å²) in [6, 6.07) is 8.56. The van der Waals surface area contributed by atoms with E-state index in [-0.39, 0.29) is 24.0 Å². The number of nitrogens with zero attached hydrogens (tertiary/aromatic N) is 1. The first-order valence-corrected chi connectivity index (χ1v) is 8.00. The molecule has 0 bridgehead atoms. The van der Waals surface area contributed by atoms with Crippen LogP contribution in [-0.2, 0) is 13.0 Å². The van der Waals surface area contributed by atoms with Gasteiger partial charge in [0.2, 0.25) is 0 Å². The third-order valence-corrected chi connectivity index (χ3v) is 4.63. The Hall–Kier alpha value is -0.600. The number of halogens is 1. The summed E-state index contributed by atoms with van der Waals surface area (Å²) in [5.74, 6) is 0.864. The van der Waals surface area contributed by atoms with E-state index in [4.69, 9.17) is 0 Å². The molecule has 110 valence electrons. The molecule has 3 nitrogen and oxygen atoms in total. The van der Waals surface area contributed by atoms with Crippen LogP contribution in [0, 0.1) is 6.92 Å². The highest BCUT2D eigenvalue weighted by Crippen LogP contribution is 2.14. The van der Waals surface area contributed by atoms with Crippen LogP contribution in [0.5, 0.6) is 0 Å². The lowest BCUT2D eigenvalue weighted by molar-refractivity contribution is 0.804. The number of hydrogen-bond donors (Lipinski definition) is 2. The number of aryl methyl sites for hydroxylation is 1. The van der Waals surface area contributed by atoms with E-state index in [1.165, 1.54) is 14.6 Å². The van der Waals surface area contributed by atoms with Crippen molar-refractivity contribution >= 4 is 52.6 Å². The molecular formula is C14H20IN3S2. The molecule has 2 rings (SSSR count). The Bertz CT molecular complexity index is 520. The monoisotopic (exact) mass is 421 g/mol. The van der Waals surface area contributed by atoms with Crippen molar-refractivity contribution in [2.45, 2.75) is 19.9 Å². The third kappa shape index (κ3) is 5.80. The Labute approximate surface area is 145 Å². The zero-order chi connectivity index (χ0) is 13.5. The first-order chi connectivity index (χ1) is 9.28. The van der Waals surface area contributed by atoms with Crippen LogP contribution in [0.1, 0.15) is 14.6 Å². The summed E-state index contributed by atoms with van der Waals surface area (Å²) in [7, 11) is 1.81. The van der Waals surface area contributed by atoms with E-state index in [0.717, 1.165) is 25.5 Å². The van der Waals surface area contributed by atoms with Crippen LogP contribution < -0.4 is 10.6 Å². The molecule has 0 aromatic carbocycles. The smallest absolute Gasteiger partial charge is 0.191 e. The molecule has 0 aliphatic heterocycles. The molecule has 0 fully saturated rings. The fraction of sp³-hybridized carbons (Fsp3) is 0.357. The SMILES string of the molecule is CN=C(NCCc1cccs1)NCc1ccc(C)s1.I. The molecule has 2 heterocycles. The quantitative estimate of drug-likeness (QED) is 0.440. The Kier molecular flexibility index (Phi) is 8.16. The van der Waals surface area contributed by atoms with Gasteiger partial charge in [-0.3, -0.25) is 4.99 Å². The van der Waals surface area contributed by atoms with E-state index >= 15 is 0 Å². The normalized spacial score (nSPS) is 11.0. The molecular weight excluding hydrogens is 401 g/mol. The molecule has 0 saturated heterocycles. The van der Waals surface area contributed by atoms with Crippen molar-refractivity contribution in [1.82, 2.24) is 10.6 Å². The van der Waals surface area contributed by atoms with Crippen LogP contribution in [0.15, 0.2) is 34.6 Å². The highest BCUT2D eigenvalue weighted by molar-refractivity contribution is 14.0. The van der Waals surface area contributed by atoms with Crippen molar-refractivity contribution in [1.29, 1.82) is 0 Å². The Morgan fingerprint density at radius 1 is 1.20 bits per heavy atom. The van der Waals surface area contributed by atoms with Gasteiger partial charge < -0.3 is 10.6 Å². The molecule has 0 aliphatic rings. The largest absolute Gasteiger partial charge is 0.356 e. The van der Waals surface area contributed by atoms with Crippen molar-refractivity contribution in [3.05, 3.63) is 44.3 Å². The molecule has 2 aromatic heterocycles. The van der Waals surface area contributed by atoms with Crippen LogP contribution in [0.3, 0.4) is 0 Å². The van der Waals surface area contributed by atoms with E-state index in [1.807, 2.05) is 11.3 Å². The van der Waals surface area contributed by atoms with Crippen molar-refractivity contribution in [2.24, 2.45) is 4.99 Å². The summed E-state index contributed by atoms with van der Waals surface area (Å²) in [6.07, 6.45) is 1.04. The Balaban J connectivity index is 0.00000200. The van der Waals surface area contributed by atoms with Gasteiger partial charge in [0.15, 0.2) is 5.96 Å². The van der Waals surface area contributed by atoms with Crippen LogP contribution in [0.2, 0.25) is 0 Å². The van der Waals surface area contributed by atoms with E-state index in [1.54, 1.807) is 18.4 Å². The second-order valence-corrected chi connectivity index (χ2v) is 6.60. The summed E-state index contributed by atoms with van der Waals surface area (Å²) in [6.45, 7) is 3.86. The van der Waals surface area contributed by atoms with Gasteiger partial charge in [-0.2, -0.15) is 0 Å². The van der Waals surface area contributed by atoms with Crippen LogP contribution in [0.4, 0.5) is 0 Å². The molecule has 2 N–H and O–H groups in total. The van der Waals surface area contributed by atoms with Gasteiger partial charge in [-0.1, -0.05) is 6.07 Å². The van der Waals surface area contributed by atoms with Gasteiger partial charge in [-0.25, -0.2) is 0 Å². The van der Waals surface area contributed by atoms with E-state index in [0.29, 0.717) is 0 Å². The molecule has 0 spiro atoms. The topological polar surface area (TPSA) is 36.4 Å². The van der Waals surface area contributed by atoms with Crippen molar-refractivity contribution < 1.29 is 0 Å². The van der Waals surface area contributed by atoms with Gasteiger partial charge in [-0.05, 0) is 36.9 Å². The molecule has 2 aromatic rings. The molecule has 0 atom stereocenters. The molecule has 0 radical (unpaired) electrons. The molecule has 0 saturated carbocycles. The average molecular weight is 421 g/mol. The lowest BCUT2D eigenvalue weighted by Gasteiger charge is -2.10. The second kappa shape index (κ2) is 9.36. The zero-order valence-corrected chi connectivity index (χ0v) is 15.6. The van der Waals surface area contributed by atoms with Crippen LogP contribution in [-0.4, -0.2) is 19.6 Å². The maximum atomic E-state index is 4.23. The number of thiophene rings is 2. The van der Waals surface area contributed by atoms with Gasteiger partial charge in [0, 0.05) is 28.2 Å². The Morgan fingerprint density at radius 2 is 2.05 bits per heavy atom. The minimum Gasteiger partial charge on any atom is -0.356 e. The number of guanidine groups is 1. The van der Waals surface area contributed by atoms with Crippen molar-refractivity contribution in [3.8, 4) is 0 Å². The standard InChI is InChI=1S/C14H19N3S2.HI/c1-11-5-6-13(19-11)10-17-14(15-2)16-8-7-12-4-3-9-18-12;/h3-6,9H,7-8,10H2,1-2H3,(H2,15,16,17);1H. The maximum Gasteiger partial charge on any atom is 0.191 e. The van der Waals surface area contributed by atoms with Crippen molar-refractivity contribution in [3.63, 3.8) is 0 Å². The number of hydrogen-bond acceptors (Lipinski definition) is 3. The summed E-state index contributed by atoms with van der Waals surface area (Å²) in [5.41, 5.74) is 0. The lowest BCUT2D eigenvalue weighted by atomic mass is 10.3. The number of nitrogens with one attached hydrogen (secondary N) is 2. The van der Waals surface area contributed by atoms with E-state index < -0.39 is 0 Å². The third-order valence-electron chi connectivity index (χ3n) is 2.69. The van der Waals surface area contributed by atoms with E-state index in [2.05, 4.69) is 52.2 Å². The second-order valence-electron chi connectivity index (χ2n) is 4.19. The first kappa shape index (κ1) is 17.5. The predicted octanol–water partition coefficient (Wildman–Crippen LogP) is 3.64. The highest BCUT2D eigenvalue weighted by atomic mass is 127. The first-order valence-electron chi connectivity index (χ1n) is 6.30. The Morgan fingerprint density at radius 3 is 2.65 bits per heavy atom. The molecule has 6 heteroatoms. The summed E-state index contributed by atoms with van der Waals surface area (Å²) >= 11 is 3.62. The van der Waals surface area contributed by atoms with Crippen molar-refractivity contribution in [2.75, 3.05) is 13.6 Å². The number of aliphatic imine (C=N–C) groups is 1. The molecule has 0 unspecified atom stereocenters. The fourth-order valence-electron chi connectivity index (χ4n) is 1.73. The van der Waals surface area contributed by atoms with Gasteiger partial charge >= 0.3 is 0 Å². The van der Waals surface area contributed by atoms with Gasteiger partial charge in [0.1, 0.15) is 0 Å². The minimum absolute atomic E-state index is 0. The fourth-order valence-corrected chi connectivity index (χ4v) is 3.27. The summed E-state index contributed by atoms with van der Waals surface area (Å²) < 4.78 is 0. The number of rotatable bonds is 5. The lowest BCUT2D eigenvalue weighted by Crippen LogP contribution is -2.37. The van der Waals surface area contributed by atoms with E-state index in [9.17, 15) is 0 Å².